The van der Waals surface area contributed by atoms with Crippen molar-refractivity contribution >= 4 is 27.7 Å². The van der Waals surface area contributed by atoms with Crippen LogP contribution >= 0.6 is 15.9 Å². The Balaban J connectivity index is 2.11. The maximum Gasteiger partial charge on any atom is 0.254 e. The van der Waals surface area contributed by atoms with E-state index in [0.29, 0.717) is 5.56 Å². The summed E-state index contributed by atoms with van der Waals surface area (Å²) in [6, 6.07) is 8.81. The molecule has 8 heteroatoms. The molecule has 0 aliphatic rings. The maximum absolute atomic E-state index is 14.0. The maximum atomic E-state index is 14.0. The number of amidine groups is 1. The van der Waals surface area contributed by atoms with Crippen LogP contribution in [0, 0.1) is 17.0 Å². The Kier molecular flexibility index (Phi) is 6.22. The monoisotopic (exact) mass is 411 g/mol. The van der Waals surface area contributed by atoms with E-state index in [1.165, 1.54) is 7.11 Å². The molecule has 1 unspecified atom stereocenters. The minimum atomic E-state index is -1.41. The molecule has 0 aliphatic carbocycles. The van der Waals surface area contributed by atoms with Gasteiger partial charge in [0.15, 0.2) is 6.10 Å². The van der Waals surface area contributed by atoms with E-state index in [4.69, 9.17) is 15.9 Å². The third kappa shape index (κ3) is 4.61. The summed E-state index contributed by atoms with van der Waals surface area (Å²) in [6.45, 7) is 0.136. The Morgan fingerprint density at radius 1 is 1.28 bits per heavy atom. The third-order valence-corrected chi connectivity index (χ3v) is 3.97. The predicted octanol–water partition coefficient (Wildman–Crippen LogP) is 3.02. The molecule has 132 valence electrons. The first-order chi connectivity index (χ1) is 11.8. The number of carbonyl (C=O) groups is 1. The van der Waals surface area contributed by atoms with Gasteiger partial charge in [-0.05, 0) is 17.7 Å². The quantitative estimate of drug-likeness (QED) is 0.504. The lowest BCUT2D eigenvalue weighted by atomic mass is 10.1. The molecule has 4 N–H and O–H groups in total. The van der Waals surface area contributed by atoms with Crippen molar-refractivity contribution in [2.45, 2.75) is 12.6 Å². The third-order valence-electron chi connectivity index (χ3n) is 3.51. The van der Waals surface area contributed by atoms with Gasteiger partial charge in [-0.2, -0.15) is 0 Å². The summed E-state index contributed by atoms with van der Waals surface area (Å²) in [5.74, 6) is -2.48. The molecular weight excluding hydrogens is 396 g/mol. The van der Waals surface area contributed by atoms with Crippen molar-refractivity contribution in [2.75, 3.05) is 7.11 Å². The van der Waals surface area contributed by atoms with Gasteiger partial charge in [-0.3, -0.25) is 10.2 Å². The average Bonchev–Trinajstić information content (AvgIpc) is 2.56. The van der Waals surface area contributed by atoms with Crippen LogP contribution in [0.1, 0.15) is 22.8 Å². The van der Waals surface area contributed by atoms with E-state index < -0.39 is 29.2 Å². The molecular formula is C17H16BrF2N3O2. The molecule has 2 aromatic carbocycles. The molecule has 0 aliphatic heterocycles. The second-order valence-corrected chi connectivity index (χ2v) is 6.14. The predicted molar refractivity (Wildman–Crippen MR) is 93.1 cm³/mol. The van der Waals surface area contributed by atoms with E-state index in [0.717, 1.165) is 17.7 Å². The van der Waals surface area contributed by atoms with E-state index in [2.05, 4.69) is 21.2 Å². The Morgan fingerprint density at radius 3 is 2.32 bits per heavy atom. The molecule has 2 aromatic rings. The van der Waals surface area contributed by atoms with Gasteiger partial charge in [-0.1, -0.05) is 40.2 Å². The molecule has 0 fully saturated rings. The van der Waals surface area contributed by atoms with Crippen molar-refractivity contribution in [1.82, 2.24) is 5.32 Å². The van der Waals surface area contributed by atoms with Gasteiger partial charge < -0.3 is 15.8 Å². The van der Waals surface area contributed by atoms with Crippen LogP contribution < -0.4 is 11.1 Å². The zero-order valence-corrected chi connectivity index (χ0v) is 14.9. The molecule has 1 amide bonds. The Morgan fingerprint density at radius 2 is 1.84 bits per heavy atom. The lowest BCUT2D eigenvalue weighted by Crippen LogP contribution is -2.31. The zero-order chi connectivity index (χ0) is 18.6. The number of nitrogens with one attached hydrogen (secondary N) is 2. The van der Waals surface area contributed by atoms with Gasteiger partial charge in [0.05, 0.1) is 5.56 Å². The SMILES string of the molecule is COC(C(=O)NCc1ccc(C(=N)N)cc1)c1c(F)cc(Br)cc1F. The van der Waals surface area contributed by atoms with E-state index in [1.807, 2.05) is 0 Å². The van der Waals surface area contributed by atoms with Gasteiger partial charge in [0.2, 0.25) is 0 Å². The molecule has 1 atom stereocenters. The smallest absolute Gasteiger partial charge is 0.254 e. The van der Waals surface area contributed by atoms with Crippen LogP contribution in [0.4, 0.5) is 8.78 Å². The van der Waals surface area contributed by atoms with Gasteiger partial charge in [0.1, 0.15) is 17.5 Å². The summed E-state index contributed by atoms with van der Waals surface area (Å²) in [4.78, 5) is 12.3. The molecule has 25 heavy (non-hydrogen) atoms. The van der Waals surface area contributed by atoms with Gasteiger partial charge in [-0.25, -0.2) is 8.78 Å². The van der Waals surface area contributed by atoms with E-state index in [9.17, 15) is 13.6 Å². The Hall–Kier alpha value is -2.32. The van der Waals surface area contributed by atoms with Crippen LogP contribution in [0.2, 0.25) is 0 Å². The van der Waals surface area contributed by atoms with Crippen LogP contribution in [0.5, 0.6) is 0 Å². The fourth-order valence-electron chi connectivity index (χ4n) is 2.24. The fraction of sp³-hybridized carbons (Fsp3) is 0.176. The first kappa shape index (κ1) is 19.0. The number of hydrogen-bond donors (Lipinski definition) is 3. The number of rotatable bonds is 6. The number of hydrogen-bond acceptors (Lipinski definition) is 3. The molecule has 0 heterocycles. The van der Waals surface area contributed by atoms with E-state index >= 15 is 0 Å². The highest BCUT2D eigenvalue weighted by Crippen LogP contribution is 2.27. The molecule has 0 saturated carbocycles. The van der Waals surface area contributed by atoms with Crippen molar-refractivity contribution in [3.8, 4) is 0 Å². The van der Waals surface area contributed by atoms with Crippen molar-refractivity contribution in [2.24, 2.45) is 5.73 Å². The molecule has 2 rings (SSSR count). The van der Waals surface area contributed by atoms with Crippen molar-refractivity contribution < 1.29 is 18.3 Å². The summed E-state index contributed by atoms with van der Waals surface area (Å²) >= 11 is 2.99. The van der Waals surface area contributed by atoms with Gasteiger partial charge in [0.25, 0.3) is 5.91 Å². The molecule has 5 nitrogen and oxygen atoms in total. The summed E-state index contributed by atoms with van der Waals surface area (Å²) < 4.78 is 33.3. The normalized spacial score (nSPS) is 11.8. The van der Waals surface area contributed by atoms with Crippen LogP contribution in [0.15, 0.2) is 40.9 Å². The summed E-state index contributed by atoms with van der Waals surface area (Å²) in [5, 5.41) is 9.90. The van der Waals surface area contributed by atoms with Gasteiger partial charge in [0, 0.05) is 23.7 Å². The van der Waals surface area contributed by atoms with Crippen molar-refractivity contribution in [3.05, 3.63) is 69.2 Å². The fourth-order valence-corrected chi connectivity index (χ4v) is 2.65. The zero-order valence-electron chi connectivity index (χ0n) is 13.3. The van der Waals surface area contributed by atoms with E-state index in [-0.39, 0.29) is 16.9 Å². The van der Waals surface area contributed by atoms with E-state index in [1.54, 1.807) is 24.3 Å². The highest BCUT2D eigenvalue weighted by Gasteiger charge is 2.27. The largest absolute Gasteiger partial charge is 0.384 e. The second kappa shape index (κ2) is 8.17. The van der Waals surface area contributed by atoms with Crippen LogP contribution in [-0.2, 0) is 16.1 Å². The highest BCUT2D eigenvalue weighted by molar-refractivity contribution is 9.10. The second-order valence-electron chi connectivity index (χ2n) is 5.23. The molecule has 0 spiro atoms. The lowest BCUT2D eigenvalue weighted by Gasteiger charge is -2.17. The molecule has 0 bridgehead atoms. The number of benzene rings is 2. The minimum absolute atomic E-state index is 0.0591. The summed E-state index contributed by atoms with van der Waals surface area (Å²) in [5.41, 5.74) is 6.22. The van der Waals surface area contributed by atoms with Gasteiger partial charge >= 0.3 is 0 Å². The lowest BCUT2D eigenvalue weighted by molar-refractivity contribution is -0.131. The minimum Gasteiger partial charge on any atom is -0.384 e. The van der Waals surface area contributed by atoms with Crippen LogP contribution in [0.3, 0.4) is 0 Å². The summed E-state index contributed by atoms with van der Waals surface area (Å²) in [6.07, 6.45) is -1.41. The number of carbonyl (C=O) groups excluding carboxylic acids is 1. The Bertz CT molecular complexity index is 774. The first-order valence-corrected chi connectivity index (χ1v) is 8.01. The number of nitrogen functional groups attached to an aromatic ring is 1. The van der Waals surface area contributed by atoms with Crippen molar-refractivity contribution in [3.63, 3.8) is 0 Å². The molecule has 0 saturated heterocycles. The average molecular weight is 412 g/mol. The van der Waals surface area contributed by atoms with Crippen LogP contribution in [0.25, 0.3) is 0 Å². The highest BCUT2D eigenvalue weighted by atomic mass is 79.9. The Labute approximate surface area is 151 Å². The topological polar surface area (TPSA) is 88.2 Å². The number of amides is 1. The van der Waals surface area contributed by atoms with Crippen LogP contribution in [-0.4, -0.2) is 18.9 Å². The number of ether oxygens (including phenoxy) is 1. The number of methoxy groups -OCH3 is 1. The summed E-state index contributed by atoms with van der Waals surface area (Å²) in [7, 11) is 1.20. The van der Waals surface area contributed by atoms with Crippen molar-refractivity contribution in [1.29, 1.82) is 5.41 Å². The standard InChI is InChI=1S/C17H16BrF2N3O2/c1-25-15(14-12(19)6-11(18)7-13(14)20)17(24)23-8-9-2-4-10(5-3-9)16(21)22/h2-7,15H,8H2,1H3,(H3,21,22)(H,23,24). The van der Waals surface area contributed by atoms with Gasteiger partial charge in [-0.15, -0.1) is 0 Å². The number of nitrogens with two attached hydrogens (primary N) is 1. The molecule has 0 radical (unpaired) electrons. The first-order valence-electron chi connectivity index (χ1n) is 7.21. The number of halogens is 3. The molecule has 0 aromatic heterocycles.